The minimum Gasteiger partial charge on any atom is -0.479 e. The molecule has 0 radical (unpaired) electrons. The van der Waals surface area contributed by atoms with Gasteiger partial charge in [-0.15, -0.1) is 0 Å². The van der Waals surface area contributed by atoms with Crippen LogP contribution in [0.4, 0.5) is 0 Å². The standard InChI is InChI=1S/C13H4N4O.C13H9N3O2.C13H7N3O2/c14-5-9-10(6-15)17-12-11(16-9)7-3-1-2-4-8(7)13(12)18;2*1-18-13-9(6-14)15-11-10(16-13)7-4-2-3-5-8(7)12(11)17/h1-4H;2-5,12,17H,1H3;2-5H,1H3. The molecule has 3 aromatic carbocycles. The minimum atomic E-state index is -0.832. The second-order valence-corrected chi connectivity index (χ2v) is 11.4. The third-order valence-electron chi connectivity index (χ3n) is 8.51. The first kappa shape index (κ1) is 34.2. The molecule has 0 bridgehead atoms. The number of aliphatic hydroxyl groups excluding tert-OH is 1. The van der Waals surface area contributed by atoms with E-state index in [9.17, 15) is 14.7 Å². The van der Waals surface area contributed by atoms with Crippen molar-refractivity contribution in [3.05, 3.63) is 129 Å². The van der Waals surface area contributed by atoms with Crippen LogP contribution in [0.2, 0.25) is 0 Å². The van der Waals surface area contributed by atoms with E-state index in [-0.39, 0.29) is 57.5 Å². The summed E-state index contributed by atoms with van der Waals surface area (Å²) in [5.41, 5.74) is 6.19. The Morgan fingerprint density at radius 2 is 0.889 bits per heavy atom. The lowest BCUT2D eigenvalue weighted by atomic mass is 10.1. The highest BCUT2D eigenvalue weighted by Crippen LogP contribution is 2.42. The summed E-state index contributed by atoms with van der Waals surface area (Å²) in [7, 11) is 2.86. The largest absolute Gasteiger partial charge is 0.479 e. The van der Waals surface area contributed by atoms with Crippen molar-refractivity contribution < 1.29 is 24.2 Å². The Bertz CT molecular complexity index is 2770. The number of hydrogen-bond acceptors (Lipinski definition) is 15. The van der Waals surface area contributed by atoms with Gasteiger partial charge in [-0.3, -0.25) is 9.59 Å². The van der Waals surface area contributed by atoms with Crippen molar-refractivity contribution in [2.75, 3.05) is 14.2 Å². The number of carbonyl (C=O) groups is 2. The lowest BCUT2D eigenvalue weighted by Gasteiger charge is -2.06. The first-order chi connectivity index (χ1) is 26.3. The van der Waals surface area contributed by atoms with E-state index in [1.807, 2.05) is 48.5 Å². The van der Waals surface area contributed by atoms with Crippen molar-refractivity contribution in [1.82, 2.24) is 29.9 Å². The van der Waals surface area contributed by atoms with Gasteiger partial charge >= 0.3 is 0 Å². The highest BCUT2D eigenvalue weighted by molar-refractivity contribution is 6.20. The maximum atomic E-state index is 12.1. The minimum absolute atomic E-state index is 0.0254. The summed E-state index contributed by atoms with van der Waals surface area (Å²) in [5.74, 6) is -0.137. The van der Waals surface area contributed by atoms with Gasteiger partial charge in [0.15, 0.2) is 11.4 Å². The fourth-order valence-electron chi connectivity index (χ4n) is 6.08. The Kier molecular flexibility index (Phi) is 8.76. The third-order valence-corrected chi connectivity index (χ3v) is 8.51. The molecule has 3 aliphatic rings. The summed E-state index contributed by atoms with van der Waals surface area (Å²) in [5, 5.41) is 45.8. The van der Waals surface area contributed by atoms with Gasteiger partial charge in [0.05, 0.1) is 19.9 Å². The number of carbonyl (C=O) groups excluding carboxylic acids is 2. The average Bonchev–Trinajstić information content (AvgIpc) is 3.79. The Morgan fingerprint density at radius 3 is 1.39 bits per heavy atom. The second-order valence-electron chi connectivity index (χ2n) is 11.4. The van der Waals surface area contributed by atoms with Crippen LogP contribution in [0.3, 0.4) is 0 Å². The Labute approximate surface area is 305 Å². The van der Waals surface area contributed by atoms with Crippen LogP contribution in [-0.4, -0.2) is 60.8 Å². The summed E-state index contributed by atoms with van der Waals surface area (Å²) in [6, 6.07) is 28.9. The quantitative estimate of drug-likeness (QED) is 0.261. The molecule has 0 amide bonds. The van der Waals surface area contributed by atoms with Crippen LogP contribution < -0.4 is 9.47 Å². The van der Waals surface area contributed by atoms with Gasteiger partial charge < -0.3 is 14.6 Å². The number of aliphatic hydroxyl groups is 1. The SMILES string of the molecule is COc1nc2c(nc1C#N)C(=O)c1ccccc1-2.COc1nc2c(nc1C#N)C(O)c1ccccc1-2.N#Cc1nc2c(nc1C#N)-c1ccccc1C2=O. The smallest absolute Gasteiger partial charge is 0.251 e. The molecular formula is C39H20N10O5. The van der Waals surface area contributed by atoms with E-state index in [0.29, 0.717) is 39.5 Å². The highest BCUT2D eigenvalue weighted by atomic mass is 16.5. The van der Waals surface area contributed by atoms with Crippen molar-refractivity contribution in [2.24, 2.45) is 0 Å². The summed E-state index contributed by atoms with van der Waals surface area (Å²) in [6.45, 7) is 0. The monoisotopic (exact) mass is 708 g/mol. The van der Waals surface area contributed by atoms with E-state index in [1.165, 1.54) is 14.2 Å². The van der Waals surface area contributed by atoms with Crippen LogP contribution >= 0.6 is 0 Å². The summed E-state index contributed by atoms with van der Waals surface area (Å²) < 4.78 is 10.0. The molecule has 1 N–H and O–H groups in total. The molecular weight excluding hydrogens is 688 g/mol. The van der Waals surface area contributed by atoms with E-state index in [2.05, 4.69) is 29.9 Å². The number of rotatable bonds is 2. The number of aromatic nitrogens is 6. The summed E-state index contributed by atoms with van der Waals surface area (Å²) in [6.07, 6.45) is -0.832. The maximum absolute atomic E-state index is 12.1. The number of nitrogens with zero attached hydrogens (tertiary/aromatic N) is 10. The Balaban J connectivity index is 0.000000125. The van der Waals surface area contributed by atoms with E-state index >= 15 is 0 Å². The second kappa shape index (κ2) is 13.8. The van der Waals surface area contributed by atoms with E-state index in [1.54, 1.807) is 48.5 Å². The zero-order valence-electron chi connectivity index (χ0n) is 28.1. The van der Waals surface area contributed by atoms with Gasteiger partial charge in [0.25, 0.3) is 11.8 Å². The number of ether oxygens (including phenoxy) is 2. The summed E-state index contributed by atoms with van der Waals surface area (Å²) in [4.78, 5) is 48.8. The number of methoxy groups -OCH3 is 2. The van der Waals surface area contributed by atoms with Gasteiger partial charge in [-0.1, -0.05) is 72.8 Å². The Morgan fingerprint density at radius 1 is 0.500 bits per heavy atom. The van der Waals surface area contributed by atoms with Gasteiger partial charge in [0.2, 0.25) is 23.0 Å². The topological polar surface area (TPSA) is 245 Å². The van der Waals surface area contributed by atoms with Crippen molar-refractivity contribution in [1.29, 1.82) is 21.0 Å². The van der Waals surface area contributed by atoms with Gasteiger partial charge in [-0.25, -0.2) is 29.9 Å². The van der Waals surface area contributed by atoms with Gasteiger partial charge in [-0.2, -0.15) is 21.0 Å². The van der Waals surface area contributed by atoms with E-state index in [0.717, 1.165) is 16.7 Å². The van der Waals surface area contributed by atoms with Crippen LogP contribution in [0.25, 0.3) is 33.8 Å². The number of benzene rings is 3. The molecule has 3 aliphatic carbocycles. The molecule has 6 aromatic rings. The molecule has 3 aromatic heterocycles. The maximum Gasteiger partial charge on any atom is 0.251 e. The zero-order chi connectivity index (χ0) is 38.1. The fourth-order valence-corrected chi connectivity index (χ4v) is 6.08. The molecule has 54 heavy (non-hydrogen) atoms. The molecule has 9 rings (SSSR count). The number of fused-ring (bicyclic) bond motifs is 9. The number of hydrogen-bond donors (Lipinski definition) is 1. The van der Waals surface area contributed by atoms with Crippen LogP contribution in [0, 0.1) is 45.3 Å². The van der Waals surface area contributed by atoms with Crippen molar-refractivity contribution in [2.45, 2.75) is 6.10 Å². The van der Waals surface area contributed by atoms with Crippen LogP contribution in [0.15, 0.2) is 72.8 Å². The predicted octanol–water partition coefficient (Wildman–Crippen LogP) is 4.42. The first-order valence-electron chi connectivity index (χ1n) is 15.8. The van der Waals surface area contributed by atoms with Crippen LogP contribution in [0.1, 0.15) is 72.2 Å². The molecule has 0 saturated carbocycles. The molecule has 0 aliphatic heterocycles. The molecule has 1 atom stereocenters. The lowest BCUT2D eigenvalue weighted by molar-refractivity contribution is 0.103. The van der Waals surface area contributed by atoms with Crippen molar-refractivity contribution >= 4 is 11.6 Å². The number of ketones is 2. The molecule has 1 unspecified atom stereocenters. The molecule has 15 heteroatoms. The molecule has 256 valence electrons. The fraction of sp³-hybridized carbons (Fsp3) is 0.0769. The van der Waals surface area contributed by atoms with Gasteiger partial charge in [0.1, 0.15) is 58.9 Å². The van der Waals surface area contributed by atoms with Crippen molar-refractivity contribution in [3.63, 3.8) is 0 Å². The van der Waals surface area contributed by atoms with E-state index in [4.69, 9.17) is 30.5 Å². The first-order valence-corrected chi connectivity index (χ1v) is 15.8. The Hall–Kier alpha value is -8.24. The molecule has 15 nitrogen and oxygen atoms in total. The molecule has 0 fully saturated rings. The summed E-state index contributed by atoms with van der Waals surface area (Å²) >= 11 is 0. The lowest BCUT2D eigenvalue weighted by Crippen LogP contribution is -2.03. The normalized spacial score (nSPS) is 12.9. The average molecular weight is 709 g/mol. The van der Waals surface area contributed by atoms with Crippen LogP contribution in [0.5, 0.6) is 11.8 Å². The van der Waals surface area contributed by atoms with E-state index < -0.39 is 6.10 Å². The number of nitriles is 4. The molecule has 0 saturated heterocycles. The zero-order valence-corrected chi connectivity index (χ0v) is 28.1. The van der Waals surface area contributed by atoms with Gasteiger partial charge in [0, 0.05) is 27.8 Å². The van der Waals surface area contributed by atoms with Gasteiger partial charge in [-0.05, 0) is 5.56 Å². The predicted molar refractivity (Wildman–Crippen MR) is 185 cm³/mol. The third kappa shape index (κ3) is 5.49. The molecule has 0 spiro atoms. The van der Waals surface area contributed by atoms with Crippen molar-refractivity contribution in [3.8, 4) is 69.8 Å². The highest BCUT2D eigenvalue weighted by Gasteiger charge is 2.33. The molecule has 3 heterocycles. The van der Waals surface area contributed by atoms with Crippen LogP contribution in [-0.2, 0) is 0 Å².